The van der Waals surface area contributed by atoms with E-state index in [0.29, 0.717) is 11.8 Å². The molecule has 0 heterocycles. The van der Waals surface area contributed by atoms with Crippen LogP contribution in [-0.2, 0) is 0 Å². The first kappa shape index (κ1) is 15.9. The minimum atomic E-state index is 0.382. The lowest BCUT2D eigenvalue weighted by atomic mass is 9.84. The van der Waals surface area contributed by atoms with Crippen LogP contribution in [0.15, 0.2) is 36.4 Å². The maximum absolute atomic E-state index is 6.20. The van der Waals surface area contributed by atoms with Crippen molar-refractivity contribution in [3.63, 3.8) is 0 Å². The Hall–Kier alpha value is -1.47. The number of benzene rings is 2. The van der Waals surface area contributed by atoms with Gasteiger partial charge < -0.3 is 4.74 Å². The first-order valence-corrected chi connectivity index (χ1v) is 7.80. The summed E-state index contributed by atoms with van der Waals surface area (Å²) in [4.78, 5) is 0. The fourth-order valence-electron chi connectivity index (χ4n) is 2.82. The lowest BCUT2D eigenvalue weighted by molar-refractivity contribution is 0.407. The SMILES string of the molecule is COc1ccc(C(C)C)c(-c2cccc(Cl)c2)c1C(C)C. The highest BCUT2D eigenvalue weighted by atomic mass is 35.5. The van der Waals surface area contributed by atoms with E-state index in [-0.39, 0.29) is 0 Å². The zero-order chi connectivity index (χ0) is 15.6. The van der Waals surface area contributed by atoms with Crippen LogP contribution in [0.25, 0.3) is 11.1 Å². The molecule has 2 heteroatoms. The Labute approximate surface area is 132 Å². The van der Waals surface area contributed by atoms with E-state index >= 15 is 0 Å². The number of rotatable bonds is 4. The van der Waals surface area contributed by atoms with Crippen molar-refractivity contribution < 1.29 is 4.74 Å². The van der Waals surface area contributed by atoms with E-state index in [1.54, 1.807) is 7.11 Å². The number of ether oxygens (including phenoxy) is 1. The largest absolute Gasteiger partial charge is 0.496 e. The molecule has 0 bridgehead atoms. The van der Waals surface area contributed by atoms with E-state index in [0.717, 1.165) is 16.3 Å². The fraction of sp³-hybridized carbons (Fsp3) is 0.368. The van der Waals surface area contributed by atoms with Gasteiger partial charge >= 0.3 is 0 Å². The van der Waals surface area contributed by atoms with Crippen LogP contribution in [0.2, 0.25) is 5.02 Å². The highest BCUT2D eigenvalue weighted by Gasteiger charge is 2.19. The summed E-state index contributed by atoms with van der Waals surface area (Å²) in [6.45, 7) is 8.85. The van der Waals surface area contributed by atoms with Gasteiger partial charge in [-0.15, -0.1) is 0 Å². The quantitative estimate of drug-likeness (QED) is 0.647. The summed E-state index contributed by atoms with van der Waals surface area (Å²) in [5.41, 5.74) is 5.02. The fourth-order valence-corrected chi connectivity index (χ4v) is 3.01. The van der Waals surface area contributed by atoms with Gasteiger partial charge in [-0.25, -0.2) is 0 Å². The Balaban J connectivity index is 2.81. The molecule has 21 heavy (non-hydrogen) atoms. The van der Waals surface area contributed by atoms with Gasteiger partial charge in [0.05, 0.1) is 7.11 Å². The minimum Gasteiger partial charge on any atom is -0.496 e. The maximum atomic E-state index is 6.20. The van der Waals surface area contributed by atoms with Crippen molar-refractivity contribution in [3.05, 3.63) is 52.5 Å². The molecule has 0 atom stereocenters. The van der Waals surface area contributed by atoms with E-state index in [2.05, 4.69) is 45.9 Å². The molecular formula is C19H23ClO. The van der Waals surface area contributed by atoms with Crippen LogP contribution < -0.4 is 4.74 Å². The van der Waals surface area contributed by atoms with Crippen LogP contribution in [0.1, 0.15) is 50.7 Å². The Kier molecular flexibility index (Phi) is 4.95. The van der Waals surface area contributed by atoms with E-state index in [9.17, 15) is 0 Å². The van der Waals surface area contributed by atoms with Crippen molar-refractivity contribution >= 4 is 11.6 Å². The van der Waals surface area contributed by atoms with Gasteiger partial charge in [0.2, 0.25) is 0 Å². The van der Waals surface area contributed by atoms with E-state index in [4.69, 9.17) is 16.3 Å². The predicted octanol–water partition coefficient (Wildman–Crippen LogP) is 6.26. The lowest BCUT2D eigenvalue weighted by Gasteiger charge is -2.22. The lowest BCUT2D eigenvalue weighted by Crippen LogP contribution is -2.03. The maximum Gasteiger partial charge on any atom is 0.122 e. The third kappa shape index (κ3) is 3.24. The van der Waals surface area contributed by atoms with Crippen molar-refractivity contribution in [1.82, 2.24) is 0 Å². The van der Waals surface area contributed by atoms with Crippen LogP contribution in [0.5, 0.6) is 5.75 Å². The first-order chi connectivity index (χ1) is 9.95. The highest BCUT2D eigenvalue weighted by molar-refractivity contribution is 6.30. The molecule has 0 unspecified atom stereocenters. The topological polar surface area (TPSA) is 9.23 Å². The summed E-state index contributed by atoms with van der Waals surface area (Å²) in [5.74, 6) is 1.78. The van der Waals surface area contributed by atoms with Gasteiger partial charge in [-0.2, -0.15) is 0 Å². The minimum absolute atomic E-state index is 0.382. The summed E-state index contributed by atoms with van der Waals surface area (Å²) in [7, 11) is 1.73. The van der Waals surface area contributed by atoms with Crippen molar-refractivity contribution in [1.29, 1.82) is 0 Å². The molecule has 1 nitrogen and oxygen atoms in total. The molecule has 0 amide bonds. The van der Waals surface area contributed by atoms with Gasteiger partial charge in [-0.1, -0.05) is 57.5 Å². The predicted molar refractivity (Wildman–Crippen MR) is 91.6 cm³/mol. The average Bonchev–Trinajstić information content (AvgIpc) is 2.45. The van der Waals surface area contributed by atoms with Crippen LogP contribution >= 0.6 is 11.6 Å². The molecule has 2 aromatic carbocycles. The van der Waals surface area contributed by atoms with Gasteiger partial charge in [0.25, 0.3) is 0 Å². The molecule has 0 aliphatic heterocycles. The Morgan fingerprint density at radius 1 is 0.952 bits per heavy atom. The Bertz CT molecular complexity index is 629. The van der Waals surface area contributed by atoms with Gasteiger partial charge in [0.1, 0.15) is 5.75 Å². The van der Waals surface area contributed by atoms with Gasteiger partial charge in [-0.05, 0) is 46.7 Å². The number of hydrogen-bond donors (Lipinski definition) is 0. The summed E-state index contributed by atoms with van der Waals surface area (Å²) in [6.07, 6.45) is 0. The first-order valence-electron chi connectivity index (χ1n) is 7.42. The average molecular weight is 303 g/mol. The Morgan fingerprint density at radius 3 is 2.19 bits per heavy atom. The van der Waals surface area contributed by atoms with Crippen molar-refractivity contribution in [2.24, 2.45) is 0 Å². The molecule has 0 spiro atoms. The second-order valence-corrected chi connectivity index (χ2v) is 6.40. The van der Waals surface area contributed by atoms with Crippen LogP contribution in [-0.4, -0.2) is 7.11 Å². The summed E-state index contributed by atoms with van der Waals surface area (Å²) in [5, 5.41) is 0.764. The van der Waals surface area contributed by atoms with Gasteiger partial charge in [0, 0.05) is 10.6 Å². The highest BCUT2D eigenvalue weighted by Crippen LogP contribution is 2.41. The van der Waals surface area contributed by atoms with Crippen LogP contribution in [0.4, 0.5) is 0 Å². The molecule has 0 radical (unpaired) electrons. The third-order valence-electron chi connectivity index (χ3n) is 3.77. The molecule has 0 saturated heterocycles. The standard InChI is InChI=1S/C19H23ClO/c1-12(2)16-9-10-17(21-5)18(13(3)4)19(16)14-7-6-8-15(20)11-14/h6-13H,1-5H3. The van der Waals surface area contributed by atoms with Crippen LogP contribution in [0, 0.1) is 0 Å². The van der Waals surface area contributed by atoms with E-state index < -0.39 is 0 Å². The molecular weight excluding hydrogens is 280 g/mol. The molecule has 0 aliphatic rings. The molecule has 0 aliphatic carbocycles. The summed E-state index contributed by atoms with van der Waals surface area (Å²) < 4.78 is 5.60. The van der Waals surface area contributed by atoms with Gasteiger partial charge in [0.15, 0.2) is 0 Å². The molecule has 0 saturated carbocycles. The normalized spacial score (nSPS) is 11.2. The monoisotopic (exact) mass is 302 g/mol. The second kappa shape index (κ2) is 6.53. The molecule has 0 fully saturated rings. The molecule has 112 valence electrons. The summed E-state index contributed by atoms with van der Waals surface area (Å²) in [6, 6.07) is 12.3. The Morgan fingerprint density at radius 2 is 1.67 bits per heavy atom. The number of hydrogen-bond acceptors (Lipinski definition) is 1. The molecule has 0 N–H and O–H groups in total. The zero-order valence-electron chi connectivity index (χ0n) is 13.4. The van der Waals surface area contributed by atoms with Crippen molar-refractivity contribution in [3.8, 4) is 16.9 Å². The third-order valence-corrected chi connectivity index (χ3v) is 4.01. The number of halogens is 1. The molecule has 0 aromatic heterocycles. The van der Waals surface area contributed by atoms with E-state index in [1.807, 2.05) is 18.2 Å². The number of methoxy groups -OCH3 is 1. The van der Waals surface area contributed by atoms with Crippen LogP contribution in [0.3, 0.4) is 0 Å². The summed E-state index contributed by atoms with van der Waals surface area (Å²) >= 11 is 6.20. The van der Waals surface area contributed by atoms with Gasteiger partial charge in [-0.3, -0.25) is 0 Å². The van der Waals surface area contributed by atoms with Crippen molar-refractivity contribution in [2.75, 3.05) is 7.11 Å². The molecule has 2 rings (SSSR count). The smallest absolute Gasteiger partial charge is 0.122 e. The zero-order valence-corrected chi connectivity index (χ0v) is 14.2. The molecule has 2 aromatic rings. The van der Waals surface area contributed by atoms with Crippen molar-refractivity contribution in [2.45, 2.75) is 39.5 Å². The van der Waals surface area contributed by atoms with E-state index in [1.165, 1.54) is 16.7 Å². The second-order valence-electron chi connectivity index (χ2n) is 5.97.